The first-order valence-corrected chi connectivity index (χ1v) is 5.91. The van der Waals surface area contributed by atoms with Crippen LogP contribution in [0, 0.1) is 5.92 Å². The highest BCUT2D eigenvalue weighted by Crippen LogP contribution is 2.25. The summed E-state index contributed by atoms with van der Waals surface area (Å²) in [5, 5.41) is 0. The molecule has 0 saturated carbocycles. The third-order valence-corrected chi connectivity index (χ3v) is 3.23. The third-order valence-electron chi connectivity index (χ3n) is 3.23. The normalized spacial score (nSPS) is 13.1. The lowest BCUT2D eigenvalue weighted by molar-refractivity contribution is 0.412. The number of hydrogen-bond acceptors (Lipinski definition) is 2. The molecular weight excluding hydrogens is 184 g/mol. The topological polar surface area (TPSA) is 38.9 Å². The van der Waals surface area contributed by atoms with Crippen molar-refractivity contribution in [2.45, 2.75) is 39.0 Å². The van der Waals surface area contributed by atoms with Crippen molar-refractivity contribution in [1.82, 2.24) is 4.98 Å². The lowest BCUT2D eigenvalue weighted by Gasteiger charge is -2.20. The van der Waals surface area contributed by atoms with Crippen LogP contribution in [0.3, 0.4) is 0 Å². The molecule has 1 heterocycles. The van der Waals surface area contributed by atoms with Crippen LogP contribution in [0.5, 0.6) is 0 Å². The summed E-state index contributed by atoms with van der Waals surface area (Å²) in [5.41, 5.74) is 7.17. The minimum Gasteiger partial charge on any atom is -0.330 e. The van der Waals surface area contributed by atoms with E-state index in [1.807, 2.05) is 12.4 Å². The first-order chi connectivity index (χ1) is 7.31. The van der Waals surface area contributed by atoms with E-state index < -0.39 is 0 Å². The average molecular weight is 206 g/mol. The van der Waals surface area contributed by atoms with E-state index in [1.165, 1.54) is 24.8 Å². The smallest absolute Gasteiger partial charge is 0.0270 e. The maximum Gasteiger partial charge on any atom is 0.0270 e. The molecule has 1 aromatic rings. The van der Waals surface area contributed by atoms with Gasteiger partial charge in [-0.05, 0) is 42.5 Å². The molecular formula is C13H22N2. The molecule has 2 nitrogen and oxygen atoms in total. The van der Waals surface area contributed by atoms with Crippen LogP contribution in [-0.2, 0) is 0 Å². The van der Waals surface area contributed by atoms with Crippen LogP contribution >= 0.6 is 0 Å². The van der Waals surface area contributed by atoms with Gasteiger partial charge in [0.1, 0.15) is 0 Å². The van der Waals surface area contributed by atoms with E-state index in [-0.39, 0.29) is 0 Å². The van der Waals surface area contributed by atoms with Crippen molar-refractivity contribution < 1.29 is 0 Å². The summed E-state index contributed by atoms with van der Waals surface area (Å²) < 4.78 is 0. The Morgan fingerprint density at radius 1 is 1.20 bits per heavy atom. The van der Waals surface area contributed by atoms with E-state index in [1.54, 1.807) is 0 Å². The molecule has 0 radical (unpaired) electrons. The summed E-state index contributed by atoms with van der Waals surface area (Å²) >= 11 is 0. The molecule has 15 heavy (non-hydrogen) atoms. The maximum atomic E-state index is 5.84. The summed E-state index contributed by atoms with van der Waals surface area (Å²) in [7, 11) is 0. The van der Waals surface area contributed by atoms with Gasteiger partial charge in [-0.1, -0.05) is 26.7 Å². The molecule has 0 aliphatic carbocycles. The molecule has 84 valence electrons. The highest BCUT2D eigenvalue weighted by molar-refractivity contribution is 5.16. The number of rotatable bonds is 6. The molecule has 1 aromatic heterocycles. The molecule has 1 rings (SSSR count). The first-order valence-electron chi connectivity index (χ1n) is 5.91. The van der Waals surface area contributed by atoms with Gasteiger partial charge in [0.05, 0.1) is 0 Å². The second-order valence-corrected chi connectivity index (χ2v) is 4.13. The molecule has 0 bridgehead atoms. The van der Waals surface area contributed by atoms with E-state index in [2.05, 4.69) is 31.0 Å². The molecule has 0 amide bonds. The number of hydrogen-bond donors (Lipinski definition) is 1. The summed E-state index contributed by atoms with van der Waals surface area (Å²) in [5.74, 6) is 1.30. The SMILES string of the molecule is CCC(CC)C[C@H](CN)c1ccncc1. The Kier molecular flexibility index (Phi) is 5.33. The van der Waals surface area contributed by atoms with Gasteiger partial charge in [0, 0.05) is 12.4 Å². The fraction of sp³-hybridized carbons (Fsp3) is 0.615. The Bertz CT molecular complexity index is 254. The van der Waals surface area contributed by atoms with Crippen molar-refractivity contribution in [3.63, 3.8) is 0 Å². The predicted octanol–water partition coefficient (Wildman–Crippen LogP) is 2.95. The van der Waals surface area contributed by atoms with E-state index in [9.17, 15) is 0 Å². The lowest BCUT2D eigenvalue weighted by atomic mass is 9.87. The molecule has 0 fully saturated rings. The van der Waals surface area contributed by atoms with Crippen LogP contribution in [0.2, 0.25) is 0 Å². The molecule has 2 heteroatoms. The molecule has 0 aliphatic heterocycles. The minimum atomic E-state index is 0.498. The number of nitrogens with zero attached hydrogens (tertiary/aromatic N) is 1. The first kappa shape index (κ1) is 12.2. The number of pyridine rings is 1. The minimum absolute atomic E-state index is 0.498. The van der Waals surface area contributed by atoms with E-state index >= 15 is 0 Å². The van der Waals surface area contributed by atoms with Gasteiger partial charge < -0.3 is 5.73 Å². The zero-order valence-corrected chi connectivity index (χ0v) is 9.82. The van der Waals surface area contributed by atoms with Crippen LogP contribution in [0.15, 0.2) is 24.5 Å². The Morgan fingerprint density at radius 2 is 1.80 bits per heavy atom. The van der Waals surface area contributed by atoms with Crippen LogP contribution in [-0.4, -0.2) is 11.5 Å². The Morgan fingerprint density at radius 3 is 2.27 bits per heavy atom. The van der Waals surface area contributed by atoms with Gasteiger partial charge in [0.2, 0.25) is 0 Å². The molecule has 2 N–H and O–H groups in total. The second kappa shape index (κ2) is 6.57. The Hall–Kier alpha value is -0.890. The van der Waals surface area contributed by atoms with Crippen molar-refractivity contribution in [1.29, 1.82) is 0 Å². The highest BCUT2D eigenvalue weighted by atomic mass is 14.6. The summed E-state index contributed by atoms with van der Waals surface area (Å²) in [6, 6.07) is 4.17. The van der Waals surface area contributed by atoms with E-state index in [4.69, 9.17) is 5.73 Å². The van der Waals surface area contributed by atoms with Crippen LogP contribution < -0.4 is 5.73 Å². The summed E-state index contributed by atoms with van der Waals surface area (Å²) in [6.07, 6.45) is 7.40. The van der Waals surface area contributed by atoms with Gasteiger partial charge in [-0.2, -0.15) is 0 Å². The van der Waals surface area contributed by atoms with Crippen molar-refractivity contribution in [2.24, 2.45) is 11.7 Å². The molecule has 0 spiro atoms. The van der Waals surface area contributed by atoms with Crippen LogP contribution in [0.4, 0.5) is 0 Å². The van der Waals surface area contributed by atoms with Gasteiger partial charge in [-0.3, -0.25) is 4.98 Å². The van der Waals surface area contributed by atoms with Gasteiger partial charge in [0.25, 0.3) is 0 Å². The zero-order chi connectivity index (χ0) is 11.1. The van der Waals surface area contributed by atoms with E-state index in [0.717, 1.165) is 12.5 Å². The standard InChI is InChI=1S/C13H22N2/c1-3-11(4-2)9-13(10-14)12-5-7-15-8-6-12/h5-8,11,13H,3-4,9-10,14H2,1-2H3/t13-/m1/s1. The molecule has 0 saturated heterocycles. The Balaban J connectivity index is 2.64. The molecule has 0 aromatic carbocycles. The average Bonchev–Trinajstić information content (AvgIpc) is 2.32. The van der Waals surface area contributed by atoms with Gasteiger partial charge >= 0.3 is 0 Å². The van der Waals surface area contributed by atoms with Crippen molar-refractivity contribution in [2.75, 3.05) is 6.54 Å². The van der Waals surface area contributed by atoms with Crippen LogP contribution in [0.1, 0.15) is 44.6 Å². The molecule has 0 aliphatic rings. The quantitative estimate of drug-likeness (QED) is 0.777. The molecule has 0 unspecified atom stereocenters. The lowest BCUT2D eigenvalue weighted by Crippen LogP contribution is -2.16. The monoisotopic (exact) mass is 206 g/mol. The predicted molar refractivity (Wildman–Crippen MR) is 64.7 cm³/mol. The Labute approximate surface area is 92.9 Å². The maximum absolute atomic E-state index is 5.84. The number of aromatic nitrogens is 1. The van der Waals surface area contributed by atoms with Crippen molar-refractivity contribution in [3.05, 3.63) is 30.1 Å². The zero-order valence-electron chi connectivity index (χ0n) is 9.82. The third kappa shape index (κ3) is 3.63. The largest absolute Gasteiger partial charge is 0.330 e. The fourth-order valence-electron chi connectivity index (χ4n) is 2.03. The van der Waals surface area contributed by atoms with Crippen molar-refractivity contribution >= 4 is 0 Å². The number of nitrogens with two attached hydrogens (primary N) is 1. The van der Waals surface area contributed by atoms with Crippen molar-refractivity contribution in [3.8, 4) is 0 Å². The fourth-order valence-corrected chi connectivity index (χ4v) is 2.03. The summed E-state index contributed by atoms with van der Waals surface area (Å²) in [6.45, 7) is 5.25. The van der Waals surface area contributed by atoms with Gasteiger partial charge in [-0.15, -0.1) is 0 Å². The second-order valence-electron chi connectivity index (χ2n) is 4.13. The van der Waals surface area contributed by atoms with Gasteiger partial charge in [-0.25, -0.2) is 0 Å². The highest BCUT2D eigenvalue weighted by Gasteiger charge is 2.14. The van der Waals surface area contributed by atoms with E-state index in [0.29, 0.717) is 5.92 Å². The van der Waals surface area contributed by atoms with Gasteiger partial charge in [0.15, 0.2) is 0 Å². The van der Waals surface area contributed by atoms with Crippen LogP contribution in [0.25, 0.3) is 0 Å². The molecule has 1 atom stereocenters. The summed E-state index contributed by atoms with van der Waals surface area (Å²) in [4.78, 5) is 4.04.